The molecule has 1 saturated carbocycles. The highest BCUT2D eigenvalue weighted by atomic mass is 15.0. The van der Waals surface area contributed by atoms with Gasteiger partial charge in [-0.15, -0.1) is 12.1 Å². The van der Waals surface area contributed by atoms with Crippen molar-refractivity contribution in [3.63, 3.8) is 0 Å². The van der Waals surface area contributed by atoms with E-state index in [1.807, 2.05) is 0 Å². The average Bonchev–Trinajstić information content (AvgIpc) is 3.17. The third-order valence-electron chi connectivity index (χ3n) is 11.9. The van der Waals surface area contributed by atoms with Gasteiger partial charge in [-0.1, -0.05) is 122 Å². The van der Waals surface area contributed by atoms with Gasteiger partial charge in [0.25, 0.3) is 0 Å². The molecular weight excluding hydrogens is 641 g/mol. The summed E-state index contributed by atoms with van der Waals surface area (Å²) in [4.78, 5) is 0. The van der Waals surface area contributed by atoms with Crippen molar-refractivity contribution in [1.82, 2.24) is 0 Å². The molecule has 270 valence electrons. The lowest BCUT2D eigenvalue weighted by Gasteiger charge is -2.36. The van der Waals surface area contributed by atoms with Crippen LogP contribution in [0.2, 0.25) is 0 Å². The van der Waals surface area contributed by atoms with E-state index in [9.17, 15) is 0 Å². The molecule has 0 saturated heterocycles. The van der Waals surface area contributed by atoms with Crippen LogP contribution in [0.1, 0.15) is 84.7 Å². The van der Waals surface area contributed by atoms with Gasteiger partial charge < -0.3 is 0 Å². The van der Waals surface area contributed by atoms with E-state index in [4.69, 9.17) is 0 Å². The van der Waals surface area contributed by atoms with Crippen molar-refractivity contribution < 1.29 is 9.15 Å². The monoisotopic (exact) mass is 696 g/mol. The van der Waals surface area contributed by atoms with Crippen LogP contribution in [0.4, 0.5) is 0 Å². The largest absolute Gasteiger partial charge is 0.255 e. The molecule has 0 amide bonds. The summed E-state index contributed by atoms with van der Waals surface area (Å²) in [5.74, 6) is 2.26. The maximum Gasteiger partial charge on any atom is 0.147 e. The Morgan fingerprint density at radius 3 is 1.42 bits per heavy atom. The Hall–Kier alpha value is -5.08. The Bertz CT molecular complexity index is 1950. The Morgan fingerprint density at radius 1 is 0.528 bits per heavy atom. The minimum Gasteiger partial charge on any atom is -0.255 e. The first-order valence-electron chi connectivity index (χ1n) is 19.8. The molecule has 4 aromatic carbocycles. The predicted octanol–water partition coefficient (Wildman–Crippen LogP) is 12.3. The molecule has 2 nitrogen and oxygen atoms in total. The first kappa shape index (κ1) is 36.3. The van der Waals surface area contributed by atoms with Crippen LogP contribution in [-0.2, 0) is 6.42 Å². The number of nitrogens with zero attached hydrogens (tertiary/aromatic N) is 2. The van der Waals surface area contributed by atoms with Gasteiger partial charge in [-0.05, 0) is 139 Å². The first-order chi connectivity index (χ1) is 25.8. The zero-order valence-electron chi connectivity index (χ0n) is 32.1. The summed E-state index contributed by atoms with van der Waals surface area (Å²) in [6.07, 6.45) is 24.8. The molecule has 7 rings (SSSR count). The molecule has 2 aliphatic heterocycles. The highest BCUT2D eigenvalue weighted by molar-refractivity contribution is 5.67. The maximum atomic E-state index is 4.39. The Kier molecular flexibility index (Phi) is 11.4. The maximum absolute atomic E-state index is 4.39. The van der Waals surface area contributed by atoms with Crippen molar-refractivity contribution in [2.75, 3.05) is 0 Å². The van der Waals surface area contributed by atoms with Crippen LogP contribution in [0.15, 0.2) is 145 Å². The van der Waals surface area contributed by atoms with Crippen LogP contribution in [-0.4, -0.2) is 22.6 Å². The van der Waals surface area contributed by atoms with Crippen LogP contribution in [0, 0.1) is 50.6 Å². The molecule has 2 heterocycles. The number of rotatable bonds is 12. The van der Waals surface area contributed by atoms with E-state index in [0.717, 1.165) is 37.0 Å². The van der Waals surface area contributed by atoms with Crippen LogP contribution in [0.5, 0.6) is 0 Å². The number of hydrogen-bond acceptors (Lipinski definition) is 0. The van der Waals surface area contributed by atoms with E-state index in [-0.39, 0.29) is 0 Å². The molecule has 0 bridgehead atoms. The molecule has 2 heteroatoms. The smallest absolute Gasteiger partial charge is 0.147 e. The van der Waals surface area contributed by atoms with Crippen molar-refractivity contribution in [2.45, 2.75) is 78.6 Å². The Balaban J connectivity index is 0.992. The molecule has 53 heavy (non-hydrogen) atoms. The van der Waals surface area contributed by atoms with E-state index in [1.54, 1.807) is 0 Å². The topological polar surface area (TPSA) is 6.02 Å². The van der Waals surface area contributed by atoms with E-state index in [2.05, 4.69) is 177 Å². The number of allylic oxidation sites excluding steroid dienone is 4. The number of benzene rings is 4. The van der Waals surface area contributed by atoms with Gasteiger partial charge in [0.15, 0.2) is 0 Å². The lowest BCUT2D eigenvalue weighted by atomic mass is 9.70. The van der Waals surface area contributed by atoms with Gasteiger partial charge in [0.1, 0.15) is 24.5 Å². The molecule has 1 aliphatic carbocycles. The summed E-state index contributed by atoms with van der Waals surface area (Å²) in [6, 6.07) is 37.6. The molecule has 0 N–H and O–H groups in total. The molecule has 4 aromatic rings. The third kappa shape index (κ3) is 8.94. The van der Waals surface area contributed by atoms with Crippen molar-refractivity contribution in [1.29, 1.82) is 0 Å². The van der Waals surface area contributed by atoms with Gasteiger partial charge in [0.2, 0.25) is 0 Å². The fraction of sp³-hybridized carbons (Fsp3) is 0.294. The number of aryl methyl sites for hydroxylation is 4. The van der Waals surface area contributed by atoms with Crippen LogP contribution >= 0.6 is 0 Å². The molecule has 0 radical (unpaired) electrons. The van der Waals surface area contributed by atoms with Gasteiger partial charge in [-0.2, -0.15) is 0 Å². The average molecular weight is 697 g/mol. The zero-order valence-corrected chi connectivity index (χ0v) is 32.1. The Labute approximate surface area is 319 Å². The highest BCUT2D eigenvalue weighted by Crippen LogP contribution is 2.42. The van der Waals surface area contributed by atoms with Gasteiger partial charge in [-0.25, -0.2) is 0 Å². The molecule has 1 unspecified atom stereocenters. The summed E-state index contributed by atoms with van der Waals surface area (Å²) in [7, 11) is 0. The fourth-order valence-corrected chi connectivity index (χ4v) is 8.96. The standard InChI is InChI=1S/C51H56N2/c1-37-12-6-9-15-47(37)46-28-24-40(25-29-46)18-21-43-32-44(22-19-41-26-30-50(52(4)35-41)48-16-10-7-13-38(48)2)34-45(33-43)23-20-42-27-31-51(53(5)36-42)49-17-11-8-14-39(49)3/h6-17,24-31,35-36,43-45H,4-5,18-23,32-34H2,1-3H3/t43?,44-,45+. The summed E-state index contributed by atoms with van der Waals surface area (Å²) >= 11 is 0. The zero-order chi connectivity index (χ0) is 36.7. The van der Waals surface area contributed by atoms with Crippen LogP contribution in [0.25, 0.3) is 11.1 Å². The van der Waals surface area contributed by atoms with Crippen LogP contribution < -0.4 is 0 Å². The van der Waals surface area contributed by atoms with Crippen LogP contribution in [0.3, 0.4) is 0 Å². The summed E-state index contributed by atoms with van der Waals surface area (Å²) in [5, 5.41) is 0. The van der Waals surface area contributed by atoms with E-state index < -0.39 is 0 Å². The fourth-order valence-electron chi connectivity index (χ4n) is 8.96. The molecular formula is C51H56N2. The minimum absolute atomic E-state index is 0.748. The van der Waals surface area contributed by atoms with Gasteiger partial charge in [0.05, 0.1) is 13.4 Å². The highest BCUT2D eigenvalue weighted by Gasteiger charge is 2.29. The predicted molar refractivity (Wildman–Crippen MR) is 224 cm³/mol. The van der Waals surface area contributed by atoms with Crippen molar-refractivity contribution in [3.05, 3.63) is 190 Å². The lowest BCUT2D eigenvalue weighted by Crippen LogP contribution is -2.24. The van der Waals surface area contributed by atoms with E-state index in [0.29, 0.717) is 0 Å². The van der Waals surface area contributed by atoms with E-state index in [1.165, 1.54) is 106 Å². The lowest BCUT2D eigenvalue weighted by molar-refractivity contribution is -0.419. The SMILES string of the molecule is C=[N+]1C=C(CC[C@@H]2CC(CCc3ccc(-c4ccccc4C)cc3)C[C@H](CCC3=C[N+](=C)[C-](c4ccccc4C)C=C3)C2)C=C[C-]1c1ccccc1C. The van der Waals surface area contributed by atoms with Crippen molar-refractivity contribution in [2.24, 2.45) is 17.8 Å². The Morgan fingerprint density at radius 2 is 0.962 bits per heavy atom. The van der Waals surface area contributed by atoms with Gasteiger partial charge in [-0.3, -0.25) is 9.15 Å². The summed E-state index contributed by atoms with van der Waals surface area (Å²) in [5.41, 5.74) is 13.3. The normalized spacial score (nSPS) is 20.1. The first-order valence-corrected chi connectivity index (χ1v) is 19.8. The van der Waals surface area contributed by atoms with E-state index >= 15 is 0 Å². The van der Waals surface area contributed by atoms with Gasteiger partial charge in [0, 0.05) is 0 Å². The summed E-state index contributed by atoms with van der Waals surface area (Å²) in [6.45, 7) is 15.3. The van der Waals surface area contributed by atoms with Crippen molar-refractivity contribution >= 4 is 13.4 Å². The quantitative estimate of drug-likeness (QED) is 0.103. The minimum atomic E-state index is 0.748. The molecule has 0 aromatic heterocycles. The molecule has 3 aliphatic rings. The summed E-state index contributed by atoms with van der Waals surface area (Å²) < 4.78 is 4.15. The second kappa shape index (κ2) is 16.7. The molecule has 0 spiro atoms. The second-order valence-electron chi connectivity index (χ2n) is 15.8. The van der Waals surface area contributed by atoms with Gasteiger partial charge >= 0.3 is 0 Å². The second-order valence-corrected chi connectivity index (χ2v) is 15.8. The molecule has 1 fully saturated rings. The third-order valence-corrected chi connectivity index (χ3v) is 11.9. The van der Waals surface area contributed by atoms with Crippen molar-refractivity contribution in [3.8, 4) is 11.1 Å². The molecule has 3 atom stereocenters. The number of hydrogen-bond donors (Lipinski definition) is 0.